The minimum Gasteiger partial charge on any atom is -0.216 e. The molecule has 0 spiro atoms. The predicted octanol–water partition coefficient (Wildman–Crippen LogP) is 2.82. The molecule has 0 radical (unpaired) electrons. The van der Waals surface area contributed by atoms with Gasteiger partial charge in [-0.2, -0.15) is 0 Å². The van der Waals surface area contributed by atoms with Crippen molar-refractivity contribution in [3.63, 3.8) is 0 Å². The van der Waals surface area contributed by atoms with Crippen molar-refractivity contribution >= 4 is 11.0 Å². The van der Waals surface area contributed by atoms with Crippen molar-refractivity contribution in [3.8, 4) is 0 Å². The molecule has 0 N–H and O–H groups in total. The molecular formula is C13H21FSi. The number of allylic oxidation sites excluding steroid dienone is 1. The Hall–Kier alpha value is -0.893. The third kappa shape index (κ3) is 5.53. The second kappa shape index (κ2) is 8.42. The van der Waals surface area contributed by atoms with Crippen LogP contribution in [-0.4, -0.2) is 11.0 Å². The zero-order valence-corrected chi connectivity index (χ0v) is 8.67. The Bertz CT molecular complexity index is 280. The van der Waals surface area contributed by atoms with Crippen molar-refractivity contribution in [2.45, 2.75) is 32.6 Å². The number of unbranched alkanes of at least 4 members (excludes halogenated alkanes) is 1. The second-order valence-electron chi connectivity index (χ2n) is 3.53. The maximum Gasteiger partial charge on any atom is 0.0862 e. The Labute approximate surface area is 96.2 Å². The van der Waals surface area contributed by atoms with Gasteiger partial charge in [0, 0.05) is 0 Å². The maximum absolute atomic E-state index is 12.5. The highest BCUT2D eigenvalue weighted by Gasteiger charge is 1.99. The summed E-state index contributed by atoms with van der Waals surface area (Å²) >= 11 is 0. The fourth-order valence-corrected chi connectivity index (χ4v) is 1.44. The minimum absolute atomic E-state index is 0. The lowest BCUT2D eigenvalue weighted by molar-refractivity contribution is 0.677. The monoisotopic (exact) mass is 224 g/mol. The molecular weight excluding hydrogens is 203 g/mol. The molecule has 1 aromatic carbocycles. The summed E-state index contributed by atoms with van der Waals surface area (Å²) < 4.78 is 12.5. The summed E-state index contributed by atoms with van der Waals surface area (Å²) in [6.45, 7) is 2.12. The fraction of sp³-hybridized carbons (Fsp3) is 0.385. The molecule has 0 aromatic heterocycles. The second-order valence-corrected chi connectivity index (χ2v) is 3.53. The first-order chi connectivity index (χ1) is 6.86. The summed E-state index contributed by atoms with van der Waals surface area (Å²) in [5, 5.41) is 0. The molecule has 0 heterocycles. The Morgan fingerprint density at radius 2 is 1.93 bits per heavy atom. The summed E-state index contributed by atoms with van der Waals surface area (Å²) in [7, 11) is 0. The van der Waals surface area contributed by atoms with E-state index in [1.54, 1.807) is 0 Å². The molecule has 1 rings (SSSR count). The van der Waals surface area contributed by atoms with Gasteiger partial charge in [-0.1, -0.05) is 43.7 Å². The number of hydrogen-bond acceptors (Lipinski definition) is 0. The van der Waals surface area contributed by atoms with Gasteiger partial charge in [0.25, 0.3) is 0 Å². The lowest BCUT2D eigenvalue weighted by atomic mass is 10.0. The van der Waals surface area contributed by atoms with Crippen molar-refractivity contribution in [1.29, 1.82) is 0 Å². The van der Waals surface area contributed by atoms with E-state index >= 15 is 0 Å². The van der Waals surface area contributed by atoms with Gasteiger partial charge in [0.15, 0.2) is 0 Å². The minimum atomic E-state index is 0. The van der Waals surface area contributed by atoms with Crippen LogP contribution < -0.4 is 0 Å². The largest absolute Gasteiger partial charge is 0.216 e. The molecule has 0 nitrogen and oxygen atoms in total. The highest BCUT2D eigenvalue weighted by molar-refractivity contribution is 5.75. The van der Waals surface area contributed by atoms with Crippen LogP contribution in [0, 0.1) is 0 Å². The van der Waals surface area contributed by atoms with E-state index < -0.39 is 0 Å². The summed E-state index contributed by atoms with van der Waals surface area (Å²) in [5.41, 5.74) is 2.09. The predicted molar refractivity (Wildman–Crippen MR) is 70.2 cm³/mol. The summed E-state index contributed by atoms with van der Waals surface area (Å²) in [6, 6.07) is 10.0. The van der Waals surface area contributed by atoms with Gasteiger partial charge in [-0.25, -0.2) is 4.39 Å². The number of hydrogen-bond donors (Lipinski definition) is 0. The van der Waals surface area contributed by atoms with E-state index in [1.807, 2.05) is 30.3 Å². The first-order valence-corrected chi connectivity index (χ1v) is 5.19. The summed E-state index contributed by atoms with van der Waals surface area (Å²) in [4.78, 5) is 0. The lowest BCUT2D eigenvalue weighted by Gasteiger charge is -2.04. The van der Waals surface area contributed by atoms with E-state index in [0.29, 0.717) is 0 Å². The molecule has 0 unspecified atom stereocenters. The van der Waals surface area contributed by atoms with Crippen molar-refractivity contribution in [3.05, 3.63) is 47.8 Å². The summed E-state index contributed by atoms with van der Waals surface area (Å²) in [5.74, 6) is 0. The van der Waals surface area contributed by atoms with Crippen LogP contribution in [0.5, 0.6) is 0 Å². The molecule has 0 atom stereocenters. The molecule has 0 aliphatic rings. The van der Waals surface area contributed by atoms with Crippen LogP contribution >= 0.6 is 0 Å². The van der Waals surface area contributed by atoms with E-state index in [0.717, 1.165) is 37.6 Å². The maximum atomic E-state index is 12.5. The highest BCUT2D eigenvalue weighted by atomic mass is 28.1. The van der Waals surface area contributed by atoms with Crippen LogP contribution in [0.25, 0.3) is 0 Å². The number of halogens is 1. The van der Waals surface area contributed by atoms with Crippen LogP contribution in [0.1, 0.15) is 31.7 Å². The number of rotatable bonds is 5. The molecule has 0 saturated heterocycles. The van der Waals surface area contributed by atoms with Gasteiger partial charge in [-0.05, 0) is 41.4 Å². The first-order valence-electron chi connectivity index (χ1n) is 5.19. The van der Waals surface area contributed by atoms with Crippen LogP contribution in [0.2, 0.25) is 0 Å². The first kappa shape index (κ1) is 14.1. The molecule has 0 amide bonds. The quantitative estimate of drug-likeness (QED) is 0.675. The molecule has 0 saturated carbocycles. The van der Waals surface area contributed by atoms with Crippen LogP contribution in [0.15, 0.2) is 42.2 Å². The molecule has 0 aliphatic carbocycles. The smallest absolute Gasteiger partial charge is 0.0862 e. The SMILES string of the molecule is CCCCC(=CF)Cc1ccccc1.[SiH4]. The van der Waals surface area contributed by atoms with Crippen LogP contribution in [0.3, 0.4) is 0 Å². The highest BCUT2D eigenvalue weighted by Crippen LogP contribution is 2.14. The third-order valence-corrected chi connectivity index (χ3v) is 2.28. The van der Waals surface area contributed by atoms with Gasteiger partial charge < -0.3 is 0 Å². The average Bonchev–Trinajstić information content (AvgIpc) is 2.25. The van der Waals surface area contributed by atoms with Crippen LogP contribution in [-0.2, 0) is 6.42 Å². The van der Waals surface area contributed by atoms with Gasteiger partial charge in [0.1, 0.15) is 0 Å². The van der Waals surface area contributed by atoms with Gasteiger partial charge in [0.2, 0.25) is 0 Å². The molecule has 0 aliphatic heterocycles. The fourth-order valence-electron chi connectivity index (χ4n) is 1.44. The van der Waals surface area contributed by atoms with Gasteiger partial charge >= 0.3 is 0 Å². The van der Waals surface area contributed by atoms with E-state index in [-0.39, 0.29) is 11.0 Å². The standard InChI is InChI=1S/C13H17F.H4Si/c1-2-3-7-13(11-14)10-12-8-5-4-6-9-12;/h4-6,8-9,11H,2-3,7,10H2,1H3;1H4. The van der Waals surface area contributed by atoms with E-state index in [1.165, 1.54) is 5.56 Å². The van der Waals surface area contributed by atoms with Crippen molar-refractivity contribution < 1.29 is 4.39 Å². The molecule has 2 heteroatoms. The Balaban J connectivity index is 0.00000196. The van der Waals surface area contributed by atoms with Gasteiger partial charge in [-0.15, -0.1) is 0 Å². The Kier molecular flexibility index (Phi) is 7.92. The zero-order chi connectivity index (χ0) is 10.2. The van der Waals surface area contributed by atoms with E-state index in [4.69, 9.17) is 0 Å². The van der Waals surface area contributed by atoms with Crippen LogP contribution in [0.4, 0.5) is 4.39 Å². The van der Waals surface area contributed by atoms with Crippen molar-refractivity contribution in [2.24, 2.45) is 0 Å². The van der Waals surface area contributed by atoms with Crippen molar-refractivity contribution in [2.75, 3.05) is 0 Å². The Morgan fingerprint density at radius 1 is 1.27 bits per heavy atom. The normalized spacial score (nSPS) is 10.9. The van der Waals surface area contributed by atoms with E-state index in [9.17, 15) is 4.39 Å². The topological polar surface area (TPSA) is 0 Å². The van der Waals surface area contributed by atoms with Gasteiger partial charge in [0.05, 0.1) is 6.33 Å². The molecule has 1 aromatic rings. The van der Waals surface area contributed by atoms with E-state index in [2.05, 4.69) is 6.92 Å². The Morgan fingerprint density at radius 3 is 2.47 bits per heavy atom. The average molecular weight is 224 g/mol. The van der Waals surface area contributed by atoms with Crippen molar-refractivity contribution in [1.82, 2.24) is 0 Å². The molecule has 15 heavy (non-hydrogen) atoms. The van der Waals surface area contributed by atoms with Gasteiger partial charge in [-0.3, -0.25) is 0 Å². The zero-order valence-electron chi connectivity index (χ0n) is 8.67. The number of benzene rings is 1. The lowest BCUT2D eigenvalue weighted by Crippen LogP contribution is -1.90. The molecule has 84 valence electrons. The third-order valence-electron chi connectivity index (χ3n) is 2.28. The summed E-state index contributed by atoms with van der Waals surface area (Å²) in [6.07, 6.45) is 4.58. The molecule has 0 bridgehead atoms. The molecule has 0 fully saturated rings.